The van der Waals surface area contributed by atoms with E-state index in [0.717, 1.165) is 28.2 Å². The van der Waals surface area contributed by atoms with E-state index in [2.05, 4.69) is 17.6 Å². The predicted octanol–water partition coefficient (Wildman–Crippen LogP) is 6.13. The van der Waals surface area contributed by atoms with Crippen molar-refractivity contribution in [2.45, 2.75) is 63.7 Å². The van der Waals surface area contributed by atoms with Crippen molar-refractivity contribution in [3.05, 3.63) is 68.5 Å². The molecule has 4 N–H and O–H groups in total. The van der Waals surface area contributed by atoms with Crippen molar-refractivity contribution in [3.8, 4) is 11.5 Å². The molecule has 1 aromatic carbocycles. The summed E-state index contributed by atoms with van der Waals surface area (Å²) in [5.41, 5.74) is 0.804. The Labute approximate surface area is 236 Å². The number of carbonyl (C=O) groups is 2. The van der Waals surface area contributed by atoms with E-state index in [1.165, 1.54) is 27.6 Å². The van der Waals surface area contributed by atoms with Gasteiger partial charge in [-0.1, -0.05) is 38.0 Å². The van der Waals surface area contributed by atoms with Gasteiger partial charge in [0.05, 0.1) is 18.6 Å². The minimum atomic E-state index is -0.994. The van der Waals surface area contributed by atoms with Gasteiger partial charge in [-0.25, -0.2) is 9.59 Å². The third kappa shape index (κ3) is 7.87. The number of hydrogen-bond donors (Lipinski definition) is 4. The summed E-state index contributed by atoms with van der Waals surface area (Å²) in [4.78, 5) is 29.1. The number of ether oxygens (including phenoxy) is 2. The second kappa shape index (κ2) is 14.2. The third-order valence-corrected chi connectivity index (χ3v) is 8.51. The highest BCUT2D eigenvalue weighted by molar-refractivity contribution is 7.10. The normalized spacial score (nSPS) is 14.4. The van der Waals surface area contributed by atoms with E-state index in [4.69, 9.17) is 9.47 Å². The maximum absolute atomic E-state index is 13.3. The van der Waals surface area contributed by atoms with Gasteiger partial charge >= 0.3 is 12.1 Å². The number of carboxylic acid groups (broad SMARTS) is 1. The summed E-state index contributed by atoms with van der Waals surface area (Å²) in [6, 6.07) is 11.7. The number of urea groups is 1. The Balaban J connectivity index is 1.50. The van der Waals surface area contributed by atoms with Gasteiger partial charge in [0.2, 0.25) is 6.79 Å². The second-order valence-electron chi connectivity index (χ2n) is 9.39. The lowest BCUT2D eigenvalue weighted by molar-refractivity contribution is 0.114. The van der Waals surface area contributed by atoms with Gasteiger partial charge in [-0.3, -0.25) is 4.90 Å². The fourth-order valence-corrected chi connectivity index (χ4v) is 6.25. The molecule has 3 atom stereocenters. The van der Waals surface area contributed by atoms with Crippen molar-refractivity contribution >= 4 is 34.8 Å². The van der Waals surface area contributed by atoms with Crippen LogP contribution < -0.4 is 20.1 Å². The summed E-state index contributed by atoms with van der Waals surface area (Å²) in [6.07, 6.45) is 2.34. The van der Waals surface area contributed by atoms with Crippen molar-refractivity contribution < 1.29 is 29.3 Å². The van der Waals surface area contributed by atoms with Gasteiger partial charge in [-0.05, 0) is 59.9 Å². The van der Waals surface area contributed by atoms with Crippen molar-refractivity contribution in [2.75, 3.05) is 13.4 Å². The summed E-state index contributed by atoms with van der Waals surface area (Å²) in [5, 5.41) is 29.8. The van der Waals surface area contributed by atoms with E-state index in [1.54, 1.807) is 6.07 Å². The molecule has 0 saturated carbocycles. The fourth-order valence-electron chi connectivity index (χ4n) is 4.69. The standard InChI is InChI=1S/C28H35N3O6S2/c1-2-3-6-20(16-23(26-8-5-14-39-26)31(28(34)35)17-21-7-4-13-38-21)29-27(33)30-22(11-12-32)19-9-10-24-25(15-19)37-18-36-24/h4-5,7-10,13-15,20,22-23,32H,2-3,6,11-12,16-18H2,1H3,(H,34,35)(H2,29,30,33)/t20-,22-,23?/m0/s1. The molecular formula is C28H35N3O6S2. The van der Waals surface area contributed by atoms with Gasteiger partial charge < -0.3 is 30.3 Å². The molecule has 11 heteroatoms. The Kier molecular flexibility index (Phi) is 10.5. The van der Waals surface area contributed by atoms with Gasteiger partial charge in [0.1, 0.15) is 0 Å². The van der Waals surface area contributed by atoms with E-state index in [9.17, 15) is 19.8 Å². The van der Waals surface area contributed by atoms with Gasteiger partial charge in [0.15, 0.2) is 11.5 Å². The van der Waals surface area contributed by atoms with Crippen LogP contribution >= 0.6 is 22.7 Å². The van der Waals surface area contributed by atoms with Crippen molar-refractivity contribution in [1.82, 2.24) is 15.5 Å². The van der Waals surface area contributed by atoms with Crippen LogP contribution in [-0.2, 0) is 6.54 Å². The number of rotatable bonds is 14. The molecule has 0 spiro atoms. The van der Waals surface area contributed by atoms with Crippen LogP contribution in [-0.4, -0.2) is 46.7 Å². The lowest BCUT2D eigenvalue weighted by atomic mass is 9.99. The molecule has 1 aliphatic heterocycles. The predicted molar refractivity (Wildman–Crippen MR) is 152 cm³/mol. The van der Waals surface area contributed by atoms with E-state index in [0.29, 0.717) is 30.8 Å². The highest BCUT2D eigenvalue weighted by Crippen LogP contribution is 2.35. The molecule has 39 heavy (non-hydrogen) atoms. The van der Waals surface area contributed by atoms with Gasteiger partial charge in [0.25, 0.3) is 0 Å². The number of nitrogens with zero attached hydrogens (tertiary/aromatic N) is 1. The minimum Gasteiger partial charge on any atom is -0.465 e. The molecule has 1 aliphatic rings. The SMILES string of the molecule is CCCC[C@@H](CC(c1cccs1)N(Cc1cccs1)C(=O)O)NC(=O)N[C@@H](CCO)c1ccc2c(c1)OCO2. The van der Waals surface area contributed by atoms with Crippen LogP contribution in [0.4, 0.5) is 9.59 Å². The molecule has 0 bridgehead atoms. The first-order chi connectivity index (χ1) is 19.0. The van der Waals surface area contributed by atoms with Crippen molar-refractivity contribution in [3.63, 3.8) is 0 Å². The molecule has 0 saturated heterocycles. The summed E-state index contributed by atoms with van der Waals surface area (Å²) < 4.78 is 10.9. The molecule has 2 aromatic heterocycles. The molecule has 1 unspecified atom stereocenters. The van der Waals surface area contributed by atoms with Gasteiger partial charge in [-0.15, -0.1) is 22.7 Å². The topological polar surface area (TPSA) is 120 Å². The van der Waals surface area contributed by atoms with Crippen LogP contribution in [0.3, 0.4) is 0 Å². The Morgan fingerprint density at radius 1 is 1.05 bits per heavy atom. The van der Waals surface area contributed by atoms with Gasteiger partial charge in [0, 0.05) is 22.4 Å². The number of nitrogens with one attached hydrogen (secondary N) is 2. The molecular weight excluding hydrogens is 538 g/mol. The first kappa shape index (κ1) is 28.7. The van der Waals surface area contributed by atoms with Crippen LogP contribution in [0.2, 0.25) is 0 Å². The largest absolute Gasteiger partial charge is 0.465 e. The molecule has 210 valence electrons. The highest BCUT2D eigenvalue weighted by Gasteiger charge is 2.30. The number of aliphatic hydroxyl groups is 1. The lowest BCUT2D eigenvalue weighted by Crippen LogP contribution is -2.45. The Morgan fingerprint density at radius 2 is 1.85 bits per heavy atom. The Bertz CT molecular complexity index is 1190. The number of amides is 3. The zero-order chi connectivity index (χ0) is 27.6. The van der Waals surface area contributed by atoms with E-state index >= 15 is 0 Å². The van der Waals surface area contributed by atoms with E-state index in [1.807, 2.05) is 47.2 Å². The number of hydrogen-bond acceptors (Lipinski definition) is 7. The average molecular weight is 574 g/mol. The molecule has 3 aromatic rings. The summed E-state index contributed by atoms with van der Waals surface area (Å²) in [6.45, 7) is 2.42. The number of thiophene rings is 2. The van der Waals surface area contributed by atoms with Crippen LogP contribution in [0, 0.1) is 0 Å². The number of benzene rings is 1. The molecule has 0 aliphatic carbocycles. The molecule has 0 fully saturated rings. The van der Waals surface area contributed by atoms with Crippen LogP contribution in [0.25, 0.3) is 0 Å². The third-order valence-electron chi connectivity index (χ3n) is 6.67. The maximum atomic E-state index is 13.3. The van der Waals surface area contributed by atoms with Crippen LogP contribution in [0.5, 0.6) is 11.5 Å². The number of fused-ring (bicyclic) bond motifs is 1. The number of aliphatic hydroxyl groups excluding tert-OH is 1. The second-order valence-corrected chi connectivity index (χ2v) is 11.4. The first-order valence-corrected chi connectivity index (χ1v) is 14.9. The monoisotopic (exact) mass is 573 g/mol. The zero-order valence-corrected chi connectivity index (χ0v) is 23.5. The molecule has 3 heterocycles. The quantitative estimate of drug-likeness (QED) is 0.184. The molecule has 4 rings (SSSR count). The zero-order valence-electron chi connectivity index (χ0n) is 21.9. The summed E-state index contributed by atoms with van der Waals surface area (Å²) >= 11 is 3.04. The van der Waals surface area contributed by atoms with Crippen LogP contribution in [0.1, 0.15) is 66.4 Å². The fraction of sp³-hybridized carbons (Fsp3) is 0.429. The van der Waals surface area contributed by atoms with Crippen molar-refractivity contribution in [1.29, 1.82) is 0 Å². The Morgan fingerprint density at radius 3 is 2.54 bits per heavy atom. The summed E-state index contributed by atoms with van der Waals surface area (Å²) in [7, 11) is 0. The number of carbonyl (C=O) groups excluding carboxylic acids is 1. The lowest BCUT2D eigenvalue weighted by Gasteiger charge is -2.32. The molecule has 9 nitrogen and oxygen atoms in total. The molecule has 3 amide bonds. The maximum Gasteiger partial charge on any atom is 0.408 e. The molecule has 0 radical (unpaired) electrons. The van der Waals surface area contributed by atoms with Gasteiger partial charge in [-0.2, -0.15) is 0 Å². The highest BCUT2D eigenvalue weighted by atomic mass is 32.1. The van der Waals surface area contributed by atoms with Crippen molar-refractivity contribution in [2.24, 2.45) is 0 Å². The number of unbranched alkanes of at least 4 members (excludes halogenated alkanes) is 1. The Hall–Kier alpha value is -3.28. The average Bonchev–Trinajstić information content (AvgIpc) is 3.71. The summed E-state index contributed by atoms with van der Waals surface area (Å²) in [5.74, 6) is 1.26. The van der Waals surface area contributed by atoms with E-state index in [-0.39, 0.29) is 32.0 Å². The minimum absolute atomic E-state index is 0.102. The first-order valence-electron chi connectivity index (χ1n) is 13.1. The smallest absolute Gasteiger partial charge is 0.408 e. The van der Waals surface area contributed by atoms with Crippen LogP contribution in [0.15, 0.2) is 53.2 Å². The van der Waals surface area contributed by atoms with E-state index < -0.39 is 18.2 Å².